The summed E-state index contributed by atoms with van der Waals surface area (Å²) in [4.78, 5) is 54.5. The van der Waals surface area contributed by atoms with Crippen molar-refractivity contribution in [3.05, 3.63) is 87.7 Å². The molecule has 1 aliphatic carbocycles. The molecule has 1 heterocycles. The van der Waals surface area contributed by atoms with Gasteiger partial charge in [-0.05, 0) is 130 Å². The van der Waals surface area contributed by atoms with Crippen LogP contribution in [0.1, 0.15) is 86.7 Å². The molecule has 4 aromatic rings. The molecule has 5 rings (SSSR count). The highest BCUT2D eigenvalue weighted by molar-refractivity contribution is 5.98. The number of benzene rings is 3. The van der Waals surface area contributed by atoms with Gasteiger partial charge in [-0.2, -0.15) is 0 Å². The third-order valence-electron chi connectivity index (χ3n) is 10.6. The second-order valence-electron chi connectivity index (χ2n) is 14.0. The smallest absolute Gasteiger partial charge is 0.271 e. The first-order chi connectivity index (χ1) is 24.2. The molecule has 9 heteroatoms. The molecule has 0 saturated heterocycles. The number of nitrogens with two attached hydrogens (primary N) is 1. The van der Waals surface area contributed by atoms with Gasteiger partial charge in [0.1, 0.15) is 5.78 Å². The molecule has 5 N–H and O–H groups in total. The highest BCUT2D eigenvalue weighted by Crippen LogP contribution is 2.32. The first kappa shape index (κ1) is 36.9. The van der Waals surface area contributed by atoms with Crippen molar-refractivity contribution in [2.75, 3.05) is 31.5 Å². The van der Waals surface area contributed by atoms with Crippen LogP contribution in [0.5, 0.6) is 0 Å². The van der Waals surface area contributed by atoms with Crippen molar-refractivity contribution in [1.82, 2.24) is 15.1 Å². The minimum Gasteiger partial charge on any atom is -0.330 e. The normalized spacial score (nSPS) is 16.8. The van der Waals surface area contributed by atoms with E-state index in [4.69, 9.17) is 5.73 Å². The maximum absolute atomic E-state index is 13.7. The van der Waals surface area contributed by atoms with Crippen LogP contribution >= 0.6 is 0 Å². The van der Waals surface area contributed by atoms with Crippen LogP contribution < -0.4 is 16.6 Å². The number of aromatic nitrogens is 2. The lowest BCUT2D eigenvalue weighted by molar-refractivity contribution is -0.129. The molecule has 1 aromatic heterocycles. The summed E-state index contributed by atoms with van der Waals surface area (Å²) in [6, 6.07) is 19.2. The van der Waals surface area contributed by atoms with E-state index in [0.29, 0.717) is 41.9 Å². The van der Waals surface area contributed by atoms with Crippen molar-refractivity contribution in [2.24, 2.45) is 23.5 Å². The van der Waals surface area contributed by atoms with E-state index in [9.17, 15) is 19.2 Å². The van der Waals surface area contributed by atoms with Gasteiger partial charge in [0.05, 0.1) is 10.9 Å². The highest BCUT2D eigenvalue weighted by atomic mass is 16.2. The zero-order chi connectivity index (χ0) is 35.6. The molecule has 0 unspecified atom stereocenters. The molecular formula is C41H53N5O4. The number of fused-ring (bicyclic) bond motifs is 1. The zero-order valence-electron chi connectivity index (χ0n) is 29.9. The molecule has 1 amide bonds. The summed E-state index contributed by atoms with van der Waals surface area (Å²) in [6.07, 6.45) is 6.59. The lowest BCUT2D eigenvalue weighted by Crippen LogP contribution is -2.31. The van der Waals surface area contributed by atoms with Gasteiger partial charge in [0.15, 0.2) is 5.78 Å². The fourth-order valence-corrected chi connectivity index (χ4v) is 7.32. The number of aromatic amines is 2. The summed E-state index contributed by atoms with van der Waals surface area (Å²) in [6.45, 7) is 10.1. The number of unbranched alkanes of at least 4 members (excludes halogenated alkanes) is 1. The molecule has 50 heavy (non-hydrogen) atoms. The van der Waals surface area contributed by atoms with Crippen LogP contribution in [-0.4, -0.2) is 58.7 Å². The van der Waals surface area contributed by atoms with Crippen LogP contribution in [0.15, 0.2) is 65.5 Å². The van der Waals surface area contributed by atoms with Crippen molar-refractivity contribution in [3.8, 4) is 11.1 Å². The van der Waals surface area contributed by atoms with Crippen LogP contribution in [0.25, 0.3) is 22.0 Å². The van der Waals surface area contributed by atoms with Gasteiger partial charge in [0.25, 0.3) is 5.56 Å². The van der Waals surface area contributed by atoms with Gasteiger partial charge in [-0.15, -0.1) is 0 Å². The van der Waals surface area contributed by atoms with E-state index in [0.717, 1.165) is 86.0 Å². The van der Waals surface area contributed by atoms with Crippen LogP contribution in [0, 0.1) is 24.7 Å². The SMILES string of the molecule is CCN(CC)CCCCC(=O)c1ccc(-c2ccc(C[C@H](CC(=O)C3CCC(CN)CC3)C(=O)Nc3ccc4c(=O)[nH][nH]c4c3)cc2)c(C)c1. The molecule has 1 atom stereocenters. The Morgan fingerprint density at radius 3 is 2.34 bits per heavy atom. The number of nitrogens with zero attached hydrogens (tertiary/aromatic N) is 1. The number of hydrogen-bond donors (Lipinski definition) is 4. The number of carbonyl (C=O) groups excluding carboxylic acids is 3. The van der Waals surface area contributed by atoms with E-state index in [2.05, 4.69) is 34.3 Å². The van der Waals surface area contributed by atoms with Gasteiger partial charge in [0.2, 0.25) is 5.91 Å². The number of H-pyrrole nitrogens is 2. The van der Waals surface area contributed by atoms with E-state index in [-0.39, 0.29) is 35.4 Å². The monoisotopic (exact) mass is 679 g/mol. The Morgan fingerprint density at radius 2 is 1.66 bits per heavy atom. The van der Waals surface area contributed by atoms with Gasteiger partial charge < -0.3 is 16.0 Å². The second kappa shape index (κ2) is 17.5. The maximum Gasteiger partial charge on any atom is 0.271 e. The van der Waals surface area contributed by atoms with Crippen LogP contribution in [0.3, 0.4) is 0 Å². The summed E-state index contributed by atoms with van der Waals surface area (Å²) < 4.78 is 0. The van der Waals surface area contributed by atoms with Crippen molar-refractivity contribution in [3.63, 3.8) is 0 Å². The number of hydrogen-bond acceptors (Lipinski definition) is 6. The van der Waals surface area contributed by atoms with E-state index in [1.807, 2.05) is 49.4 Å². The molecule has 0 radical (unpaired) electrons. The van der Waals surface area contributed by atoms with E-state index in [1.165, 1.54) is 0 Å². The number of aryl methyl sites for hydroxylation is 1. The average molecular weight is 680 g/mol. The standard InChI is InChI=1S/C41H53N5O4/c1-4-46(5-2)21-7-6-8-38(47)32-17-19-35(27(3)22-32)30-13-9-28(10-14-30)23-33(24-39(48)31-15-11-29(26-42)12-16-31)40(49)43-34-18-20-36-37(25-34)44-45-41(36)50/h9-10,13-14,17-20,22,25,29,31,33H,4-8,11-12,15-16,21,23-24,26,42H2,1-3H3,(H,43,49)(H2,44,45,50)/t29?,31?,33-/m1/s1. The number of anilines is 1. The number of rotatable bonds is 17. The van der Waals surface area contributed by atoms with E-state index < -0.39 is 5.92 Å². The number of Topliss-reactive ketones (excluding diaryl/α,β-unsaturated/α-hetero) is 2. The molecule has 0 bridgehead atoms. The Morgan fingerprint density at radius 1 is 0.920 bits per heavy atom. The molecule has 9 nitrogen and oxygen atoms in total. The van der Waals surface area contributed by atoms with E-state index >= 15 is 0 Å². The topological polar surface area (TPSA) is 141 Å². The van der Waals surface area contributed by atoms with Gasteiger partial charge in [-0.25, -0.2) is 0 Å². The van der Waals surface area contributed by atoms with Crippen LogP contribution in [-0.2, 0) is 16.0 Å². The van der Waals surface area contributed by atoms with Crippen molar-refractivity contribution < 1.29 is 14.4 Å². The highest BCUT2D eigenvalue weighted by Gasteiger charge is 2.30. The Balaban J connectivity index is 1.26. The lowest BCUT2D eigenvalue weighted by Gasteiger charge is -2.27. The molecule has 266 valence electrons. The lowest BCUT2D eigenvalue weighted by atomic mass is 9.77. The number of ketones is 2. The molecule has 0 aliphatic heterocycles. The van der Waals surface area contributed by atoms with Crippen molar-refractivity contribution >= 4 is 34.1 Å². The summed E-state index contributed by atoms with van der Waals surface area (Å²) in [5.74, 6) is -0.0273. The summed E-state index contributed by atoms with van der Waals surface area (Å²) >= 11 is 0. The van der Waals surface area contributed by atoms with Gasteiger partial charge in [-0.3, -0.25) is 29.4 Å². The zero-order valence-corrected chi connectivity index (χ0v) is 29.9. The number of nitrogens with one attached hydrogen (secondary N) is 3. The predicted molar refractivity (Wildman–Crippen MR) is 201 cm³/mol. The number of carbonyl (C=O) groups is 3. The Hall–Kier alpha value is -4.34. The van der Waals surface area contributed by atoms with Gasteiger partial charge in [-0.1, -0.05) is 50.2 Å². The Bertz CT molecular complexity index is 1810. The second-order valence-corrected chi connectivity index (χ2v) is 14.0. The molecule has 3 aromatic carbocycles. The molecule has 1 aliphatic rings. The minimum absolute atomic E-state index is 0.0398. The molecular weight excluding hydrogens is 626 g/mol. The quantitative estimate of drug-likeness (QED) is 0.0697. The Labute approximate surface area is 295 Å². The largest absolute Gasteiger partial charge is 0.330 e. The maximum atomic E-state index is 13.7. The summed E-state index contributed by atoms with van der Waals surface area (Å²) in [5.41, 5.74) is 11.7. The molecule has 0 spiro atoms. The molecule has 1 fully saturated rings. The minimum atomic E-state index is -0.555. The van der Waals surface area contributed by atoms with E-state index in [1.54, 1.807) is 18.2 Å². The van der Waals surface area contributed by atoms with Gasteiger partial charge >= 0.3 is 0 Å². The first-order valence-corrected chi connectivity index (χ1v) is 18.4. The van der Waals surface area contributed by atoms with Crippen LogP contribution in [0.4, 0.5) is 5.69 Å². The average Bonchev–Trinajstić information content (AvgIpc) is 3.50. The fourth-order valence-electron chi connectivity index (χ4n) is 7.32. The summed E-state index contributed by atoms with van der Waals surface area (Å²) in [5, 5.41) is 8.91. The third-order valence-corrected chi connectivity index (χ3v) is 10.6. The fraction of sp³-hybridized carbons (Fsp3) is 0.463. The Kier molecular flexibility index (Phi) is 13.0. The van der Waals surface area contributed by atoms with Crippen molar-refractivity contribution in [2.45, 2.75) is 78.6 Å². The molecule has 1 saturated carbocycles. The predicted octanol–water partition coefficient (Wildman–Crippen LogP) is 7.05. The van der Waals surface area contributed by atoms with Crippen molar-refractivity contribution in [1.29, 1.82) is 0 Å². The van der Waals surface area contributed by atoms with Gasteiger partial charge in [0, 0.05) is 35.9 Å². The number of amides is 1. The summed E-state index contributed by atoms with van der Waals surface area (Å²) in [7, 11) is 0. The third kappa shape index (κ3) is 9.46. The first-order valence-electron chi connectivity index (χ1n) is 18.4. The van der Waals surface area contributed by atoms with Crippen LogP contribution in [0.2, 0.25) is 0 Å².